The number of hydrogen-bond donors (Lipinski definition) is 0. The van der Waals surface area contributed by atoms with Crippen LogP contribution in [0.15, 0.2) is 0 Å². The van der Waals surface area contributed by atoms with Gasteiger partial charge in [-0.3, -0.25) is 9.59 Å². The van der Waals surface area contributed by atoms with E-state index in [1.54, 1.807) is 6.92 Å². The summed E-state index contributed by atoms with van der Waals surface area (Å²) in [5.74, 6) is -2.06. The lowest BCUT2D eigenvalue weighted by molar-refractivity contribution is -0.154. The van der Waals surface area contributed by atoms with Gasteiger partial charge < -0.3 is 9.47 Å². The summed E-state index contributed by atoms with van der Waals surface area (Å²) in [4.78, 5) is 32.8. The molecule has 0 amide bonds. The number of carbonyl (C=O) groups excluding carboxylic acids is 3. The SMILES string of the molecule is CCOC(=O)C(=O)CC(=O)CCOC. The van der Waals surface area contributed by atoms with Gasteiger partial charge in [0.05, 0.1) is 19.6 Å². The van der Waals surface area contributed by atoms with E-state index in [9.17, 15) is 14.4 Å². The molecule has 0 saturated carbocycles. The quantitative estimate of drug-likeness (QED) is 0.333. The standard InChI is InChI=1S/C9H14O5/c1-3-14-9(12)8(11)6-7(10)4-5-13-2/h3-6H2,1-2H3. The molecule has 0 aromatic rings. The molecule has 0 bridgehead atoms. The Bertz CT molecular complexity index is 221. The predicted molar refractivity (Wildman–Crippen MR) is 47.8 cm³/mol. The summed E-state index contributed by atoms with van der Waals surface area (Å²) in [6.45, 7) is 1.99. The van der Waals surface area contributed by atoms with E-state index in [0.29, 0.717) is 0 Å². The minimum absolute atomic E-state index is 0.136. The number of carbonyl (C=O) groups is 3. The fourth-order valence-corrected chi connectivity index (χ4v) is 0.767. The summed E-state index contributed by atoms with van der Waals surface area (Å²) in [5.41, 5.74) is 0. The molecular weight excluding hydrogens is 188 g/mol. The topological polar surface area (TPSA) is 69.7 Å². The molecule has 0 aliphatic carbocycles. The first-order valence-electron chi connectivity index (χ1n) is 4.32. The second kappa shape index (κ2) is 7.20. The highest BCUT2D eigenvalue weighted by atomic mass is 16.5. The van der Waals surface area contributed by atoms with Gasteiger partial charge in [0.2, 0.25) is 5.78 Å². The predicted octanol–water partition coefficient (Wildman–Crippen LogP) is 0.114. The first-order chi connectivity index (χ1) is 6.61. The molecule has 0 atom stereocenters. The average molecular weight is 202 g/mol. The molecular formula is C9H14O5. The van der Waals surface area contributed by atoms with Crippen LogP contribution >= 0.6 is 0 Å². The minimum Gasteiger partial charge on any atom is -0.460 e. The van der Waals surface area contributed by atoms with Gasteiger partial charge in [-0.1, -0.05) is 0 Å². The van der Waals surface area contributed by atoms with Gasteiger partial charge in [0.1, 0.15) is 5.78 Å². The maximum absolute atomic E-state index is 11.0. The zero-order chi connectivity index (χ0) is 11.0. The van der Waals surface area contributed by atoms with Crippen molar-refractivity contribution in [1.29, 1.82) is 0 Å². The van der Waals surface area contributed by atoms with Gasteiger partial charge in [-0.05, 0) is 6.92 Å². The van der Waals surface area contributed by atoms with Crippen molar-refractivity contribution in [2.45, 2.75) is 19.8 Å². The second-order valence-electron chi connectivity index (χ2n) is 2.60. The highest BCUT2D eigenvalue weighted by Gasteiger charge is 2.18. The largest absolute Gasteiger partial charge is 0.460 e. The number of hydrogen-bond acceptors (Lipinski definition) is 5. The van der Waals surface area contributed by atoms with Crippen LogP contribution in [0.3, 0.4) is 0 Å². The summed E-state index contributed by atoms with van der Waals surface area (Å²) in [5, 5.41) is 0. The third-order valence-corrected chi connectivity index (χ3v) is 1.45. The van der Waals surface area contributed by atoms with E-state index in [1.807, 2.05) is 0 Å². The van der Waals surface area contributed by atoms with Crippen LogP contribution in [0.2, 0.25) is 0 Å². The number of ketones is 2. The van der Waals surface area contributed by atoms with Crippen LogP contribution in [0.4, 0.5) is 0 Å². The Morgan fingerprint density at radius 3 is 2.36 bits per heavy atom. The van der Waals surface area contributed by atoms with E-state index >= 15 is 0 Å². The van der Waals surface area contributed by atoms with Crippen molar-refractivity contribution in [3.05, 3.63) is 0 Å². The molecule has 80 valence electrons. The molecule has 0 radical (unpaired) electrons. The van der Waals surface area contributed by atoms with Crippen LogP contribution in [0.25, 0.3) is 0 Å². The van der Waals surface area contributed by atoms with Crippen molar-refractivity contribution in [2.24, 2.45) is 0 Å². The number of ether oxygens (including phenoxy) is 2. The fraction of sp³-hybridized carbons (Fsp3) is 0.667. The van der Waals surface area contributed by atoms with Gasteiger partial charge in [-0.2, -0.15) is 0 Å². The Morgan fingerprint density at radius 1 is 1.21 bits per heavy atom. The third-order valence-electron chi connectivity index (χ3n) is 1.45. The van der Waals surface area contributed by atoms with Crippen LogP contribution in [0.1, 0.15) is 19.8 Å². The molecule has 0 aliphatic heterocycles. The van der Waals surface area contributed by atoms with Crippen LogP contribution in [-0.2, 0) is 23.9 Å². The number of esters is 1. The molecule has 0 unspecified atom stereocenters. The van der Waals surface area contributed by atoms with E-state index in [-0.39, 0.29) is 25.4 Å². The van der Waals surface area contributed by atoms with E-state index in [1.165, 1.54) is 7.11 Å². The molecule has 0 aromatic heterocycles. The number of Topliss-reactive ketones (excluding diaryl/α,β-unsaturated/α-hetero) is 2. The van der Waals surface area contributed by atoms with Crippen LogP contribution in [0, 0.1) is 0 Å². The van der Waals surface area contributed by atoms with E-state index < -0.39 is 18.2 Å². The molecule has 0 aromatic carbocycles. The van der Waals surface area contributed by atoms with Crippen molar-refractivity contribution < 1.29 is 23.9 Å². The van der Waals surface area contributed by atoms with Crippen LogP contribution in [0.5, 0.6) is 0 Å². The van der Waals surface area contributed by atoms with Crippen molar-refractivity contribution in [3.63, 3.8) is 0 Å². The van der Waals surface area contributed by atoms with E-state index in [4.69, 9.17) is 0 Å². The lowest BCUT2D eigenvalue weighted by atomic mass is 10.1. The molecule has 0 spiro atoms. The molecule has 0 rings (SSSR count). The molecule has 0 N–H and O–H groups in total. The summed E-state index contributed by atoms with van der Waals surface area (Å²) in [7, 11) is 1.46. The summed E-state index contributed by atoms with van der Waals surface area (Å²) < 4.78 is 9.09. The second-order valence-corrected chi connectivity index (χ2v) is 2.60. The van der Waals surface area contributed by atoms with Gasteiger partial charge in [0.25, 0.3) is 0 Å². The van der Waals surface area contributed by atoms with Gasteiger partial charge in [0, 0.05) is 13.5 Å². The third kappa shape index (κ3) is 5.42. The molecule has 5 nitrogen and oxygen atoms in total. The molecule has 0 saturated heterocycles. The fourth-order valence-electron chi connectivity index (χ4n) is 0.767. The van der Waals surface area contributed by atoms with Crippen molar-refractivity contribution in [2.75, 3.05) is 20.3 Å². The first kappa shape index (κ1) is 12.8. The maximum atomic E-state index is 11.0. The normalized spacial score (nSPS) is 9.57. The smallest absolute Gasteiger partial charge is 0.375 e. The van der Waals surface area contributed by atoms with E-state index in [2.05, 4.69) is 9.47 Å². The lowest BCUT2D eigenvalue weighted by Crippen LogP contribution is -2.21. The van der Waals surface area contributed by atoms with Gasteiger partial charge in [0.15, 0.2) is 0 Å². The van der Waals surface area contributed by atoms with Crippen LogP contribution in [-0.4, -0.2) is 37.9 Å². The van der Waals surface area contributed by atoms with Crippen molar-refractivity contribution >= 4 is 17.5 Å². The first-order valence-corrected chi connectivity index (χ1v) is 4.32. The molecule has 0 heterocycles. The zero-order valence-corrected chi connectivity index (χ0v) is 8.37. The molecule has 0 fully saturated rings. The Balaban J connectivity index is 3.81. The number of rotatable bonds is 7. The monoisotopic (exact) mass is 202 g/mol. The molecule has 14 heavy (non-hydrogen) atoms. The van der Waals surface area contributed by atoms with Crippen molar-refractivity contribution in [3.8, 4) is 0 Å². The Hall–Kier alpha value is -1.23. The Kier molecular flexibility index (Phi) is 6.57. The van der Waals surface area contributed by atoms with Gasteiger partial charge in [-0.15, -0.1) is 0 Å². The summed E-state index contributed by atoms with van der Waals surface area (Å²) >= 11 is 0. The Morgan fingerprint density at radius 2 is 1.86 bits per heavy atom. The maximum Gasteiger partial charge on any atom is 0.375 e. The molecule has 0 aliphatic rings. The average Bonchev–Trinajstić information content (AvgIpc) is 2.15. The summed E-state index contributed by atoms with van der Waals surface area (Å²) in [6, 6.07) is 0. The highest BCUT2D eigenvalue weighted by molar-refractivity contribution is 6.37. The van der Waals surface area contributed by atoms with Crippen LogP contribution < -0.4 is 0 Å². The lowest BCUT2D eigenvalue weighted by Gasteiger charge is -2.00. The Labute approximate surface area is 82.4 Å². The number of methoxy groups -OCH3 is 1. The highest BCUT2D eigenvalue weighted by Crippen LogP contribution is 1.94. The van der Waals surface area contributed by atoms with Crippen molar-refractivity contribution in [1.82, 2.24) is 0 Å². The van der Waals surface area contributed by atoms with E-state index in [0.717, 1.165) is 0 Å². The zero-order valence-electron chi connectivity index (χ0n) is 8.37. The van der Waals surface area contributed by atoms with Gasteiger partial charge >= 0.3 is 5.97 Å². The van der Waals surface area contributed by atoms with Gasteiger partial charge in [-0.25, -0.2) is 4.79 Å². The summed E-state index contributed by atoms with van der Waals surface area (Å²) in [6.07, 6.45) is -0.260. The minimum atomic E-state index is -0.946. The molecule has 5 heteroatoms.